The maximum Gasteiger partial charge on any atom is 0.162 e. The van der Waals surface area contributed by atoms with Crippen LogP contribution in [0.5, 0.6) is 0 Å². The molecule has 0 heterocycles. The van der Waals surface area contributed by atoms with Crippen LogP contribution < -0.4 is 0 Å². The van der Waals surface area contributed by atoms with E-state index in [0.717, 1.165) is 0 Å². The molecule has 0 nitrogen and oxygen atoms in total. The molecule has 0 aromatic heterocycles. The minimum absolute atomic E-state index is 0.769. The van der Waals surface area contributed by atoms with Crippen molar-refractivity contribution in [2.75, 3.05) is 0 Å². The van der Waals surface area contributed by atoms with Gasteiger partial charge in [-0.1, -0.05) is 271 Å². The molecule has 0 rings (SSSR count). The number of rotatable bonds is 6. The van der Waals surface area contributed by atoms with Crippen molar-refractivity contribution in [1.82, 2.24) is 0 Å². The highest BCUT2D eigenvalue weighted by Gasteiger charge is 2.77. The van der Waals surface area contributed by atoms with Crippen LogP contribution in [0.25, 0.3) is 0 Å². The van der Waals surface area contributed by atoms with E-state index in [2.05, 4.69) is 283 Å². The Hall–Kier alpha value is 8.51. The first-order valence-electron chi connectivity index (χ1n) is 5.19. The Kier molecular flexibility index (Phi) is 14.7. The number of thiol groups is 1. The van der Waals surface area contributed by atoms with E-state index < -0.39 is 24.1 Å². The van der Waals surface area contributed by atoms with Crippen LogP contribution in [0.15, 0.2) is 0 Å². The maximum absolute atomic E-state index is 4.57. The highest BCUT2D eigenvalue weighted by molar-refractivity contribution is 9.42. The second kappa shape index (κ2) is 11.1. The molecular formula is C8HBr17S. The van der Waals surface area contributed by atoms with Gasteiger partial charge in [0.25, 0.3) is 0 Å². The van der Waals surface area contributed by atoms with Crippen molar-refractivity contribution < 1.29 is 0 Å². The summed E-state index contributed by atoms with van der Waals surface area (Å²) < 4.78 is -7.29. The van der Waals surface area contributed by atoms with Crippen molar-refractivity contribution in [3.63, 3.8) is 0 Å². The lowest BCUT2D eigenvalue weighted by Gasteiger charge is -2.57. The first-order valence-corrected chi connectivity index (χ1v) is 19.1. The topological polar surface area (TPSA) is 0 Å². The summed E-state index contributed by atoms with van der Waals surface area (Å²) in [6.45, 7) is 0. The lowest BCUT2D eigenvalue weighted by atomic mass is 10.1. The zero-order valence-electron chi connectivity index (χ0n) is 10.9. The molecule has 18 heteroatoms. The molecular weight excluding hydrogens is 1490 g/mol. The second-order valence-electron chi connectivity index (χ2n) is 4.49. The van der Waals surface area contributed by atoms with E-state index in [1.54, 1.807) is 0 Å². The van der Waals surface area contributed by atoms with Crippen LogP contribution in [-0.2, 0) is 0 Å². The van der Waals surface area contributed by atoms with Gasteiger partial charge in [-0.05, 0) is 0 Å². The zero-order chi connectivity index (χ0) is 22.0. The highest BCUT2D eigenvalue weighted by Crippen LogP contribution is 2.78. The normalized spacial score (nSPS) is 16.8. The molecule has 0 unspecified atom stereocenters. The SMILES string of the molecule is SC(Br)(Br)C(Br)(Br)C(Br)(Br)C(Br)(Br)C(Br)(Br)C(Br)(Br)C(Br)(Br)C(Br)(Br)Br. The molecule has 0 N–H and O–H groups in total. The van der Waals surface area contributed by atoms with E-state index in [1.165, 1.54) is 0 Å². The number of halogens is 17. The summed E-state index contributed by atoms with van der Waals surface area (Å²) in [4.78, 5) is 0. The fourth-order valence-corrected chi connectivity index (χ4v) is 16.0. The molecule has 0 aliphatic carbocycles. The molecule has 0 saturated carbocycles. The van der Waals surface area contributed by atoms with Gasteiger partial charge in [0, 0.05) is 0 Å². The summed E-state index contributed by atoms with van der Waals surface area (Å²) in [5, 5.41) is 0. The Morgan fingerprint density at radius 3 is 0.692 bits per heavy atom. The number of hydrogen-bond donors (Lipinski definition) is 1. The van der Waals surface area contributed by atoms with Crippen molar-refractivity contribution in [1.29, 1.82) is 0 Å². The van der Waals surface area contributed by atoms with E-state index in [0.29, 0.717) is 0 Å². The van der Waals surface area contributed by atoms with Gasteiger partial charge in [0.05, 0.1) is 0 Å². The average Bonchev–Trinajstić information content (AvgIpc) is 2.34. The van der Waals surface area contributed by atoms with E-state index in [9.17, 15) is 0 Å². The summed E-state index contributed by atoms with van der Waals surface area (Å²) in [6, 6.07) is 0. The van der Waals surface area contributed by atoms with E-state index in [-0.39, 0.29) is 0 Å². The smallest absolute Gasteiger partial charge is 0.147 e. The molecule has 0 fully saturated rings. The van der Waals surface area contributed by atoms with Gasteiger partial charge in [-0.15, -0.1) is 12.6 Å². The molecule has 0 radical (unpaired) electrons. The third-order valence-corrected chi connectivity index (χ3v) is 36.9. The van der Waals surface area contributed by atoms with Gasteiger partial charge in [0.15, 0.2) is 2.14 Å². The molecule has 0 amide bonds. The van der Waals surface area contributed by atoms with E-state index in [4.69, 9.17) is 0 Å². The van der Waals surface area contributed by atoms with E-state index in [1.807, 2.05) is 0 Å². The van der Waals surface area contributed by atoms with Gasteiger partial charge in [0.1, 0.15) is 22.0 Å². The predicted octanol–water partition coefficient (Wildman–Crippen LogP) is 13.1. The molecule has 0 aliphatic rings. The Bertz CT molecular complexity index is 474. The summed E-state index contributed by atoms with van der Waals surface area (Å²) in [6.07, 6.45) is 0. The van der Waals surface area contributed by atoms with Crippen LogP contribution in [0.1, 0.15) is 0 Å². The lowest BCUT2D eigenvalue weighted by molar-refractivity contribution is 0.605. The summed E-state index contributed by atoms with van der Waals surface area (Å²) in [7, 11) is 0. The summed E-state index contributed by atoms with van der Waals surface area (Å²) in [5.74, 6) is 0. The Balaban J connectivity index is 6.61. The van der Waals surface area contributed by atoms with Gasteiger partial charge < -0.3 is 0 Å². The van der Waals surface area contributed by atoms with Gasteiger partial charge in [0.2, 0.25) is 0 Å². The highest BCUT2D eigenvalue weighted by atomic mass is 80.0. The molecule has 0 aliphatic heterocycles. The minimum atomic E-state index is -0.986. The molecule has 0 aromatic rings. The summed E-state index contributed by atoms with van der Waals surface area (Å²) in [5.41, 5.74) is 0. The fourth-order valence-electron chi connectivity index (χ4n) is 1.16. The van der Waals surface area contributed by atoms with Crippen LogP contribution in [-0.4, -0.2) is 24.1 Å². The van der Waals surface area contributed by atoms with Crippen molar-refractivity contribution in [3.05, 3.63) is 0 Å². The van der Waals surface area contributed by atoms with E-state index >= 15 is 0 Å². The minimum Gasteiger partial charge on any atom is -0.147 e. The number of hydrogen-bond acceptors (Lipinski definition) is 1. The third kappa shape index (κ3) is 6.31. The van der Waals surface area contributed by atoms with Gasteiger partial charge in [-0.2, -0.15) is 0 Å². The fraction of sp³-hybridized carbons (Fsp3) is 1.00. The zero-order valence-corrected chi connectivity index (χ0v) is 38.7. The Labute approximate surface area is 300 Å². The van der Waals surface area contributed by atoms with Gasteiger partial charge in [-0.25, -0.2) is 0 Å². The monoisotopic (exact) mass is 1470 g/mol. The quantitative estimate of drug-likeness (QED) is 0.199. The van der Waals surface area contributed by atoms with Crippen LogP contribution >= 0.6 is 283 Å². The number of alkyl halides is 17. The largest absolute Gasteiger partial charge is 0.162 e. The first-order chi connectivity index (χ1) is 10.8. The van der Waals surface area contributed by atoms with Crippen LogP contribution in [0.4, 0.5) is 0 Å². The first kappa shape index (κ1) is 34.5. The Morgan fingerprint density at radius 2 is 0.500 bits per heavy atom. The van der Waals surface area contributed by atoms with Gasteiger partial charge >= 0.3 is 0 Å². The summed E-state index contributed by atoms with van der Waals surface area (Å²) >= 11 is 67.3. The van der Waals surface area contributed by atoms with Gasteiger partial charge in [-0.3, -0.25) is 0 Å². The van der Waals surface area contributed by atoms with Crippen LogP contribution in [0.2, 0.25) is 0 Å². The van der Waals surface area contributed by atoms with Crippen molar-refractivity contribution in [3.8, 4) is 0 Å². The van der Waals surface area contributed by atoms with Crippen molar-refractivity contribution >= 4 is 283 Å². The standard InChI is InChI=1S/C8HBr17S/c9-1(10,3(13,14)5(17,18)7(21,22)23)2(11,12)4(15,16)6(19,20)8(24,25)26/h26H. The molecule has 158 valence electrons. The predicted molar refractivity (Wildman–Crippen MR) is 183 cm³/mol. The van der Waals surface area contributed by atoms with Crippen molar-refractivity contribution in [2.45, 2.75) is 24.1 Å². The van der Waals surface area contributed by atoms with Crippen molar-refractivity contribution in [2.24, 2.45) is 0 Å². The van der Waals surface area contributed by atoms with Crippen LogP contribution in [0, 0.1) is 0 Å². The molecule has 0 bridgehead atoms. The molecule has 0 spiro atoms. The molecule has 0 aromatic carbocycles. The average molecular weight is 1490 g/mol. The Morgan fingerprint density at radius 1 is 0.308 bits per heavy atom. The lowest BCUT2D eigenvalue weighted by Crippen LogP contribution is -2.67. The molecule has 0 atom stereocenters. The molecule has 26 heavy (non-hydrogen) atoms. The maximum atomic E-state index is 4.57. The molecule has 0 saturated heterocycles. The second-order valence-corrected chi connectivity index (χ2v) is 37.2. The van der Waals surface area contributed by atoms with Crippen LogP contribution in [0.3, 0.4) is 0 Å². The third-order valence-electron chi connectivity index (χ3n) is 2.71.